The highest BCUT2D eigenvalue weighted by Gasteiger charge is 2.29. The highest BCUT2D eigenvalue weighted by atomic mass is 16.5. The zero-order valence-electron chi connectivity index (χ0n) is 8.53. The van der Waals surface area contributed by atoms with Gasteiger partial charge in [0.15, 0.2) is 0 Å². The van der Waals surface area contributed by atoms with Crippen molar-refractivity contribution in [2.45, 2.75) is 20.4 Å². The van der Waals surface area contributed by atoms with Gasteiger partial charge in [0.05, 0.1) is 18.8 Å². The van der Waals surface area contributed by atoms with Gasteiger partial charge in [-0.3, -0.25) is 9.69 Å². The summed E-state index contributed by atoms with van der Waals surface area (Å²) in [5.74, 6) is 0.417. The Balaban J connectivity index is 2.22. The van der Waals surface area contributed by atoms with Crippen molar-refractivity contribution in [1.82, 2.24) is 15.4 Å². The standard InChI is InChI=1S/C9H11N3O3/c1-5-7(6(2)15-11-5)4-12-8(13)3-10-9(12)14/h3-4H2,1-2H3,(H,10,14). The number of carbonyl (C=O) groups excluding carboxylic acids is 2. The number of nitrogens with one attached hydrogen (secondary N) is 1. The lowest BCUT2D eigenvalue weighted by Crippen LogP contribution is -2.30. The Hall–Kier alpha value is -1.85. The Morgan fingerprint density at radius 1 is 1.47 bits per heavy atom. The lowest BCUT2D eigenvalue weighted by Gasteiger charge is -2.11. The molecule has 3 amide bonds. The van der Waals surface area contributed by atoms with Gasteiger partial charge in [0.1, 0.15) is 5.76 Å². The van der Waals surface area contributed by atoms with E-state index in [-0.39, 0.29) is 25.0 Å². The van der Waals surface area contributed by atoms with Gasteiger partial charge in [0, 0.05) is 5.56 Å². The zero-order valence-corrected chi connectivity index (χ0v) is 8.53. The molecule has 80 valence electrons. The van der Waals surface area contributed by atoms with E-state index >= 15 is 0 Å². The first-order valence-corrected chi connectivity index (χ1v) is 4.59. The molecule has 1 aliphatic heterocycles. The Labute approximate surface area is 86.2 Å². The molecular formula is C9H11N3O3. The summed E-state index contributed by atoms with van der Waals surface area (Å²) in [6.45, 7) is 3.84. The summed E-state index contributed by atoms with van der Waals surface area (Å²) >= 11 is 0. The normalized spacial score (nSPS) is 16.0. The smallest absolute Gasteiger partial charge is 0.324 e. The molecule has 2 heterocycles. The monoisotopic (exact) mass is 209 g/mol. The van der Waals surface area contributed by atoms with E-state index in [0.29, 0.717) is 11.5 Å². The Bertz CT molecular complexity index is 389. The third kappa shape index (κ3) is 1.58. The van der Waals surface area contributed by atoms with E-state index in [1.165, 1.54) is 0 Å². The van der Waals surface area contributed by atoms with Crippen molar-refractivity contribution >= 4 is 11.9 Å². The Morgan fingerprint density at radius 2 is 2.20 bits per heavy atom. The largest absolute Gasteiger partial charge is 0.361 e. The second-order valence-corrected chi connectivity index (χ2v) is 3.44. The van der Waals surface area contributed by atoms with Crippen LogP contribution in [-0.4, -0.2) is 28.5 Å². The summed E-state index contributed by atoms with van der Waals surface area (Å²) in [5.41, 5.74) is 1.50. The summed E-state index contributed by atoms with van der Waals surface area (Å²) in [6.07, 6.45) is 0. The lowest BCUT2D eigenvalue weighted by atomic mass is 10.2. The second-order valence-electron chi connectivity index (χ2n) is 3.44. The summed E-state index contributed by atoms with van der Waals surface area (Å²) in [7, 11) is 0. The molecule has 1 fully saturated rings. The van der Waals surface area contributed by atoms with Gasteiger partial charge >= 0.3 is 6.03 Å². The van der Waals surface area contributed by atoms with E-state index in [1.54, 1.807) is 13.8 Å². The van der Waals surface area contributed by atoms with Crippen LogP contribution in [0.5, 0.6) is 0 Å². The van der Waals surface area contributed by atoms with Gasteiger partial charge in [-0.25, -0.2) is 4.79 Å². The molecule has 0 radical (unpaired) electrons. The molecule has 1 saturated heterocycles. The van der Waals surface area contributed by atoms with E-state index in [1.807, 2.05) is 0 Å². The number of carbonyl (C=O) groups is 2. The highest BCUT2D eigenvalue weighted by molar-refractivity contribution is 6.01. The molecule has 1 N–H and O–H groups in total. The summed E-state index contributed by atoms with van der Waals surface area (Å²) in [4.78, 5) is 23.8. The predicted molar refractivity (Wildman–Crippen MR) is 49.9 cm³/mol. The van der Waals surface area contributed by atoms with E-state index in [2.05, 4.69) is 10.5 Å². The van der Waals surface area contributed by atoms with Gasteiger partial charge in [-0.15, -0.1) is 0 Å². The number of imide groups is 1. The van der Waals surface area contributed by atoms with Crippen LogP contribution >= 0.6 is 0 Å². The van der Waals surface area contributed by atoms with Gasteiger partial charge in [0.25, 0.3) is 0 Å². The molecule has 2 rings (SSSR count). The number of rotatable bonds is 2. The van der Waals surface area contributed by atoms with Gasteiger partial charge in [0.2, 0.25) is 5.91 Å². The van der Waals surface area contributed by atoms with Gasteiger partial charge < -0.3 is 9.84 Å². The lowest BCUT2D eigenvalue weighted by molar-refractivity contribution is -0.125. The van der Waals surface area contributed by atoms with Crippen LogP contribution in [0.4, 0.5) is 4.79 Å². The molecule has 0 spiro atoms. The molecule has 0 aliphatic carbocycles. The van der Waals surface area contributed by atoms with Crippen LogP contribution < -0.4 is 5.32 Å². The van der Waals surface area contributed by atoms with Crippen LogP contribution in [0.15, 0.2) is 4.52 Å². The number of nitrogens with zero attached hydrogens (tertiary/aromatic N) is 2. The molecule has 1 aromatic rings. The van der Waals surface area contributed by atoms with E-state index in [4.69, 9.17) is 4.52 Å². The zero-order chi connectivity index (χ0) is 11.0. The first-order chi connectivity index (χ1) is 7.09. The number of amides is 3. The molecule has 0 aromatic carbocycles. The highest BCUT2D eigenvalue weighted by Crippen LogP contribution is 2.16. The maximum atomic E-state index is 11.3. The predicted octanol–water partition coefficient (Wildman–Crippen LogP) is 0.343. The molecule has 0 unspecified atom stereocenters. The number of aromatic nitrogens is 1. The van der Waals surface area contributed by atoms with Crippen LogP contribution in [0.25, 0.3) is 0 Å². The van der Waals surface area contributed by atoms with Crippen LogP contribution in [0.1, 0.15) is 17.0 Å². The van der Waals surface area contributed by atoms with Gasteiger partial charge in [-0.2, -0.15) is 0 Å². The number of hydrogen-bond donors (Lipinski definition) is 1. The van der Waals surface area contributed by atoms with Crippen molar-refractivity contribution in [1.29, 1.82) is 0 Å². The Kier molecular flexibility index (Phi) is 2.18. The third-order valence-electron chi connectivity index (χ3n) is 2.43. The molecular weight excluding hydrogens is 198 g/mol. The van der Waals surface area contributed by atoms with Gasteiger partial charge in [-0.05, 0) is 13.8 Å². The van der Waals surface area contributed by atoms with Crippen LogP contribution in [-0.2, 0) is 11.3 Å². The van der Waals surface area contributed by atoms with Crippen molar-refractivity contribution in [3.8, 4) is 0 Å². The summed E-state index contributed by atoms with van der Waals surface area (Å²) in [6, 6.07) is -0.361. The molecule has 0 bridgehead atoms. The van der Waals surface area contributed by atoms with Crippen molar-refractivity contribution in [2.75, 3.05) is 6.54 Å². The number of urea groups is 1. The van der Waals surface area contributed by atoms with Crippen molar-refractivity contribution in [3.05, 3.63) is 17.0 Å². The topological polar surface area (TPSA) is 75.4 Å². The van der Waals surface area contributed by atoms with Crippen LogP contribution in [0.2, 0.25) is 0 Å². The molecule has 1 aromatic heterocycles. The van der Waals surface area contributed by atoms with Crippen LogP contribution in [0.3, 0.4) is 0 Å². The van der Waals surface area contributed by atoms with E-state index < -0.39 is 0 Å². The third-order valence-corrected chi connectivity index (χ3v) is 2.43. The molecule has 0 atom stereocenters. The molecule has 6 heteroatoms. The van der Waals surface area contributed by atoms with Crippen molar-refractivity contribution in [2.24, 2.45) is 0 Å². The number of aryl methyl sites for hydroxylation is 2. The summed E-state index contributed by atoms with van der Waals surface area (Å²) < 4.78 is 4.96. The fraction of sp³-hybridized carbons (Fsp3) is 0.444. The minimum absolute atomic E-state index is 0.0716. The number of hydrogen-bond acceptors (Lipinski definition) is 4. The SMILES string of the molecule is Cc1noc(C)c1CN1C(=O)CNC1=O. The second kappa shape index (κ2) is 3.38. The molecule has 1 aliphatic rings. The molecule has 0 saturated carbocycles. The molecule has 15 heavy (non-hydrogen) atoms. The van der Waals surface area contributed by atoms with E-state index in [0.717, 1.165) is 10.5 Å². The summed E-state index contributed by atoms with van der Waals surface area (Å²) in [5, 5.41) is 6.22. The maximum Gasteiger partial charge on any atom is 0.324 e. The first kappa shape index (κ1) is 9.70. The fourth-order valence-electron chi connectivity index (χ4n) is 1.50. The fourth-order valence-corrected chi connectivity index (χ4v) is 1.50. The minimum atomic E-state index is -0.361. The average molecular weight is 209 g/mol. The average Bonchev–Trinajstić information content (AvgIpc) is 2.67. The van der Waals surface area contributed by atoms with Crippen LogP contribution in [0, 0.1) is 13.8 Å². The first-order valence-electron chi connectivity index (χ1n) is 4.59. The van der Waals surface area contributed by atoms with E-state index in [9.17, 15) is 9.59 Å². The Morgan fingerprint density at radius 3 is 2.67 bits per heavy atom. The maximum absolute atomic E-state index is 11.3. The van der Waals surface area contributed by atoms with Gasteiger partial charge in [-0.1, -0.05) is 5.16 Å². The van der Waals surface area contributed by atoms with Crippen molar-refractivity contribution in [3.63, 3.8) is 0 Å². The van der Waals surface area contributed by atoms with Crippen molar-refractivity contribution < 1.29 is 14.1 Å². The minimum Gasteiger partial charge on any atom is -0.361 e. The molecule has 6 nitrogen and oxygen atoms in total. The quantitative estimate of drug-likeness (QED) is 0.713.